The zero-order valence-corrected chi connectivity index (χ0v) is 17.9. The number of carbonyl (C=O) groups excluding carboxylic acids is 2. The number of rotatable bonds is 8. The van der Waals surface area contributed by atoms with E-state index in [4.69, 9.17) is 11.5 Å². The first-order chi connectivity index (χ1) is 14.4. The fraction of sp³-hybridized carbons (Fsp3) is 0.458. The lowest BCUT2D eigenvalue weighted by Crippen LogP contribution is -2.41. The summed E-state index contributed by atoms with van der Waals surface area (Å²) < 4.78 is 0. The minimum absolute atomic E-state index is 0.0151. The highest BCUT2D eigenvalue weighted by atomic mass is 16.2. The lowest BCUT2D eigenvalue weighted by molar-refractivity contribution is -0.129. The highest BCUT2D eigenvalue weighted by Crippen LogP contribution is 2.38. The Labute approximate surface area is 178 Å². The summed E-state index contributed by atoms with van der Waals surface area (Å²) in [6.07, 6.45) is 3.61. The van der Waals surface area contributed by atoms with Gasteiger partial charge in [-0.05, 0) is 68.2 Å². The zero-order chi connectivity index (χ0) is 21.7. The Morgan fingerprint density at radius 2 is 2.03 bits per heavy atom. The highest BCUT2D eigenvalue weighted by molar-refractivity contribution is 5.89. The SMILES string of the molecule is Cc1nc(N)ccc1CCC(=O)[C@H](C)NC(=O)[C@@H]1CC[C@@H](c2cccc(CN)c2)C1. The van der Waals surface area contributed by atoms with Crippen LogP contribution in [0.15, 0.2) is 36.4 Å². The molecular weight excluding hydrogens is 376 g/mol. The number of nitrogens with two attached hydrogens (primary N) is 2. The number of anilines is 1. The van der Waals surface area contributed by atoms with E-state index in [1.807, 2.05) is 25.1 Å². The maximum absolute atomic E-state index is 12.7. The van der Waals surface area contributed by atoms with Crippen LogP contribution >= 0.6 is 0 Å². The molecule has 0 radical (unpaired) electrons. The summed E-state index contributed by atoms with van der Waals surface area (Å²) in [5, 5.41) is 2.93. The van der Waals surface area contributed by atoms with Gasteiger partial charge < -0.3 is 16.8 Å². The summed E-state index contributed by atoms with van der Waals surface area (Å²) in [5.74, 6) is 0.825. The Bertz CT molecular complexity index is 912. The fourth-order valence-electron chi connectivity index (χ4n) is 4.26. The Balaban J connectivity index is 1.49. The molecule has 160 valence electrons. The second-order valence-corrected chi connectivity index (χ2v) is 8.33. The van der Waals surface area contributed by atoms with E-state index in [2.05, 4.69) is 22.4 Å². The standard InChI is InChI=1S/C24H32N4O2/c1-15-18(9-11-23(26)27-15)8-10-22(29)16(2)28-24(30)21-7-6-20(13-21)19-5-3-4-17(12-19)14-25/h3-5,9,11-12,16,20-21H,6-8,10,13-14,25H2,1-2H3,(H2,26,27)(H,28,30)/t16-,20+,21+/m0/s1. The molecule has 0 spiro atoms. The molecule has 0 unspecified atom stereocenters. The number of Topliss-reactive ketones (excluding diaryl/α,β-unsaturated/α-hetero) is 1. The van der Waals surface area contributed by atoms with Crippen molar-refractivity contribution in [3.05, 3.63) is 58.8 Å². The molecule has 1 aromatic carbocycles. The van der Waals surface area contributed by atoms with Crippen LogP contribution < -0.4 is 16.8 Å². The van der Waals surface area contributed by atoms with Crippen molar-refractivity contribution < 1.29 is 9.59 Å². The lowest BCUT2D eigenvalue weighted by Gasteiger charge is -2.17. The van der Waals surface area contributed by atoms with Crippen LogP contribution in [-0.2, 0) is 22.6 Å². The van der Waals surface area contributed by atoms with Crippen LogP contribution in [0.1, 0.15) is 60.9 Å². The van der Waals surface area contributed by atoms with Crippen LogP contribution in [0.5, 0.6) is 0 Å². The molecule has 1 fully saturated rings. The van der Waals surface area contributed by atoms with Gasteiger partial charge in [0.05, 0.1) is 6.04 Å². The average Bonchev–Trinajstić information content (AvgIpc) is 3.23. The maximum atomic E-state index is 12.7. The molecule has 1 amide bonds. The molecule has 2 aromatic rings. The molecule has 1 aliphatic carbocycles. The number of pyridine rings is 1. The second-order valence-electron chi connectivity index (χ2n) is 8.33. The highest BCUT2D eigenvalue weighted by Gasteiger charge is 2.32. The van der Waals surface area contributed by atoms with Gasteiger partial charge in [0.2, 0.25) is 5.91 Å². The van der Waals surface area contributed by atoms with E-state index in [0.717, 1.165) is 36.1 Å². The van der Waals surface area contributed by atoms with Gasteiger partial charge in [-0.15, -0.1) is 0 Å². The quantitative estimate of drug-likeness (QED) is 0.622. The van der Waals surface area contributed by atoms with E-state index >= 15 is 0 Å². The predicted octanol–water partition coefficient (Wildman–Crippen LogP) is 3.02. The summed E-state index contributed by atoms with van der Waals surface area (Å²) >= 11 is 0. The largest absolute Gasteiger partial charge is 0.384 e. The van der Waals surface area contributed by atoms with Gasteiger partial charge in [0, 0.05) is 24.6 Å². The van der Waals surface area contributed by atoms with Gasteiger partial charge in [0.1, 0.15) is 5.82 Å². The Morgan fingerprint density at radius 3 is 2.77 bits per heavy atom. The smallest absolute Gasteiger partial charge is 0.223 e. The fourth-order valence-corrected chi connectivity index (χ4v) is 4.26. The van der Waals surface area contributed by atoms with Gasteiger partial charge in [0.15, 0.2) is 5.78 Å². The molecule has 5 N–H and O–H groups in total. The minimum atomic E-state index is -0.487. The summed E-state index contributed by atoms with van der Waals surface area (Å²) in [5.41, 5.74) is 15.6. The van der Waals surface area contributed by atoms with Gasteiger partial charge in [-0.2, -0.15) is 0 Å². The maximum Gasteiger partial charge on any atom is 0.223 e. The van der Waals surface area contributed by atoms with Crippen LogP contribution in [0, 0.1) is 12.8 Å². The third kappa shape index (κ3) is 5.45. The van der Waals surface area contributed by atoms with E-state index < -0.39 is 6.04 Å². The predicted molar refractivity (Wildman–Crippen MR) is 119 cm³/mol. The van der Waals surface area contributed by atoms with Crippen LogP contribution in [-0.4, -0.2) is 22.7 Å². The lowest BCUT2D eigenvalue weighted by atomic mass is 9.94. The van der Waals surface area contributed by atoms with E-state index in [0.29, 0.717) is 31.1 Å². The Kier molecular flexibility index (Phi) is 7.21. The van der Waals surface area contributed by atoms with Gasteiger partial charge >= 0.3 is 0 Å². The third-order valence-electron chi connectivity index (χ3n) is 6.16. The normalized spacial score (nSPS) is 19.4. The molecule has 0 bridgehead atoms. The Hall–Kier alpha value is -2.73. The third-order valence-corrected chi connectivity index (χ3v) is 6.16. The molecule has 3 atom stereocenters. The number of nitrogens with zero attached hydrogens (tertiary/aromatic N) is 1. The molecule has 1 heterocycles. The van der Waals surface area contributed by atoms with Crippen molar-refractivity contribution in [3.63, 3.8) is 0 Å². The van der Waals surface area contributed by atoms with Crippen LogP contribution in [0.4, 0.5) is 5.82 Å². The number of hydrogen-bond acceptors (Lipinski definition) is 5. The zero-order valence-electron chi connectivity index (χ0n) is 17.9. The number of ketones is 1. The minimum Gasteiger partial charge on any atom is -0.384 e. The molecule has 1 saturated carbocycles. The van der Waals surface area contributed by atoms with Crippen LogP contribution in [0.2, 0.25) is 0 Å². The molecule has 0 saturated heterocycles. The van der Waals surface area contributed by atoms with Crippen molar-refractivity contribution in [2.24, 2.45) is 11.7 Å². The first-order valence-electron chi connectivity index (χ1n) is 10.7. The topological polar surface area (TPSA) is 111 Å². The number of aryl methyl sites for hydroxylation is 2. The second kappa shape index (κ2) is 9.85. The van der Waals surface area contributed by atoms with Gasteiger partial charge in [-0.25, -0.2) is 4.98 Å². The first kappa shape index (κ1) is 22.0. The van der Waals surface area contributed by atoms with Gasteiger partial charge in [0.25, 0.3) is 0 Å². The molecule has 0 aliphatic heterocycles. The van der Waals surface area contributed by atoms with Crippen LogP contribution in [0.3, 0.4) is 0 Å². The first-order valence-corrected chi connectivity index (χ1v) is 10.7. The number of nitrogens with one attached hydrogen (secondary N) is 1. The van der Waals surface area contributed by atoms with E-state index in [1.54, 1.807) is 13.0 Å². The number of carbonyl (C=O) groups is 2. The molecule has 1 aliphatic rings. The number of hydrogen-bond donors (Lipinski definition) is 3. The molecule has 6 heteroatoms. The Morgan fingerprint density at radius 1 is 1.23 bits per heavy atom. The van der Waals surface area contributed by atoms with Crippen molar-refractivity contribution in [3.8, 4) is 0 Å². The van der Waals surface area contributed by atoms with E-state index in [-0.39, 0.29) is 17.6 Å². The molecule has 3 rings (SSSR count). The van der Waals surface area contributed by atoms with Gasteiger partial charge in [-0.1, -0.05) is 30.3 Å². The average molecular weight is 409 g/mol. The van der Waals surface area contributed by atoms with Crippen LogP contribution in [0.25, 0.3) is 0 Å². The summed E-state index contributed by atoms with van der Waals surface area (Å²) in [6, 6.07) is 11.5. The summed E-state index contributed by atoms with van der Waals surface area (Å²) in [7, 11) is 0. The van der Waals surface area contributed by atoms with E-state index in [1.165, 1.54) is 5.56 Å². The van der Waals surface area contributed by atoms with Crippen molar-refractivity contribution >= 4 is 17.5 Å². The van der Waals surface area contributed by atoms with Crippen molar-refractivity contribution in [1.82, 2.24) is 10.3 Å². The van der Waals surface area contributed by atoms with Crippen molar-refractivity contribution in [2.75, 3.05) is 5.73 Å². The van der Waals surface area contributed by atoms with Crippen molar-refractivity contribution in [1.29, 1.82) is 0 Å². The molecule has 6 nitrogen and oxygen atoms in total. The summed E-state index contributed by atoms with van der Waals surface area (Å²) in [6.45, 7) is 4.18. The van der Waals surface area contributed by atoms with E-state index in [9.17, 15) is 9.59 Å². The van der Waals surface area contributed by atoms with Crippen molar-refractivity contribution in [2.45, 2.75) is 64.5 Å². The molecular formula is C24H32N4O2. The number of amides is 1. The summed E-state index contributed by atoms with van der Waals surface area (Å²) in [4.78, 5) is 29.5. The number of benzene rings is 1. The number of nitrogen functional groups attached to an aromatic ring is 1. The molecule has 30 heavy (non-hydrogen) atoms. The number of aromatic nitrogens is 1. The monoisotopic (exact) mass is 408 g/mol. The molecule has 1 aromatic heterocycles. The van der Waals surface area contributed by atoms with Gasteiger partial charge in [-0.3, -0.25) is 9.59 Å².